The van der Waals surface area contributed by atoms with E-state index in [4.69, 9.17) is 11.6 Å². The lowest BCUT2D eigenvalue weighted by molar-refractivity contribution is -0.111. The molecule has 5 nitrogen and oxygen atoms in total. The molecular formula is C13H10ClNO4S. The van der Waals surface area contributed by atoms with Crippen molar-refractivity contribution in [2.45, 2.75) is 11.8 Å². The van der Waals surface area contributed by atoms with E-state index in [1.807, 2.05) is 0 Å². The van der Waals surface area contributed by atoms with Gasteiger partial charge in [-0.05, 0) is 55.0 Å². The molecule has 2 rings (SSSR count). The summed E-state index contributed by atoms with van der Waals surface area (Å²) in [6.45, 7) is 1.61. The van der Waals surface area contributed by atoms with E-state index in [1.54, 1.807) is 6.92 Å². The van der Waals surface area contributed by atoms with Crippen molar-refractivity contribution in [1.82, 2.24) is 0 Å². The van der Waals surface area contributed by atoms with Crippen LogP contribution in [0.5, 0.6) is 0 Å². The van der Waals surface area contributed by atoms with Crippen LogP contribution in [0.3, 0.4) is 0 Å². The van der Waals surface area contributed by atoms with E-state index in [0.29, 0.717) is 10.6 Å². The zero-order chi connectivity index (χ0) is 14.8. The summed E-state index contributed by atoms with van der Waals surface area (Å²) >= 11 is 5.68. The van der Waals surface area contributed by atoms with Crippen molar-refractivity contribution >= 4 is 33.2 Å². The highest BCUT2D eigenvalue weighted by Gasteiger charge is 2.16. The number of oxime groups is 1. The summed E-state index contributed by atoms with van der Waals surface area (Å²) in [5, 5.41) is 3.94. The van der Waals surface area contributed by atoms with Gasteiger partial charge in [-0.3, -0.25) is 9.08 Å². The number of halogens is 1. The predicted molar refractivity (Wildman–Crippen MR) is 75.1 cm³/mol. The van der Waals surface area contributed by atoms with Gasteiger partial charge in [0.05, 0.1) is 0 Å². The number of hydrogen-bond acceptors (Lipinski definition) is 5. The molecule has 1 aliphatic rings. The molecule has 0 unspecified atom stereocenters. The van der Waals surface area contributed by atoms with Crippen molar-refractivity contribution < 1.29 is 17.5 Å². The first-order valence-corrected chi connectivity index (χ1v) is 7.35. The van der Waals surface area contributed by atoms with Gasteiger partial charge in [0.2, 0.25) is 0 Å². The molecule has 0 aliphatic heterocycles. The van der Waals surface area contributed by atoms with Crippen LogP contribution >= 0.6 is 11.6 Å². The molecular weight excluding hydrogens is 302 g/mol. The largest absolute Gasteiger partial charge is 0.358 e. The van der Waals surface area contributed by atoms with Gasteiger partial charge in [-0.2, -0.15) is 8.42 Å². The minimum atomic E-state index is -4.00. The molecule has 0 bridgehead atoms. The zero-order valence-corrected chi connectivity index (χ0v) is 12.0. The molecule has 0 amide bonds. The fourth-order valence-electron chi connectivity index (χ4n) is 1.43. The van der Waals surface area contributed by atoms with Crippen molar-refractivity contribution in [3.8, 4) is 0 Å². The van der Waals surface area contributed by atoms with Crippen LogP contribution in [0.25, 0.3) is 0 Å². The van der Waals surface area contributed by atoms with E-state index < -0.39 is 10.1 Å². The Bertz CT molecular complexity index is 730. The van der Waals surface area contributed by atoms with E-state index in [0.717, 1.165) is 0 Å². The number of rotatable bonds is 3. The summed E-state index contributed by atoms with van der Waals surface area (Å²) in [5.74, 6) is -0.149. The summed E-state index contributed by atoms with van der Waals surface area (Å²) in [6.07, 6.45) is 4.12. The highest BCUT2D eigenvalue weighted by Crippen LogP contribution is 2.16. The molecule has 0 heterocycles. The van der Waals surface area contributed by atoms with Gasteiger partial charge >= 0.3 is 10.1 Å². The summed E-state index contributed by atoms with van der Waals surface area (Å²) < 4.78 is 28.3. The average molecular weight is 312 g/mol. The van der Waals surface area contributed by atoms with Gasteiger partial charge in [0.25, 0.3) is 0 Å². The van der Waals surface area contributed by atoms with Crippen LogP contribution in [0.15, 0.2) is 58.1 Å². The van der Waals surface area contributed by atoms with E-state index in [1.165, 1.54) is 42.5 Å². The molecule has 7 heteroatoms. The summed E-state index contributed by atoms with van der Waals surface area (Å²) in [4.78, 5) is 11.2. The number of ketones is 1. The second-order valence-electron chi connectivity index (χ2n) is 4.02. The SMILES string of the molecule is CC1=C/C(=N/OS(=O)(=O)c2ccc(Cl)cc2)C=CC1=O. The minimum absolute atomic E-state index is 0.0529. The Hall–Kier alpha value is -1.92. The van der Waals surface area contributed by atoms with E-state index in [-0.39, 0.29) is 16.4 Å². The minimum Gasteiger partial charge on any atom is -0.290 e. The first-order chi connectivity index (χ1) is 9.38. The molecule has 1 aliphatic carbocycles. The van der Waals surface area contributed by atoms with Gasteiger partial charge in [0.15, 0.2) is 5.78 Å². The van der Waals surface area contributed by atoms with E-state index >= 15 is 0 Å². The van der Waals surface area contributed by atoms with Crippen molar-refractivity contribution in [1.29, 1.82) is 0 Å². The number of hydrogen-bond donors (Lipinski definition) is 0. The van der Waals surface area contributed by atoms with Gasteiger partial charge in [-0.1, -0.05) is 16.8 Å². The fraction of sp³-hybridized carbons (Fsp3) is 0.0769. The Labute approximate surface area is 121 Å². The normalized spacial score (nSPS) is 17.2. The Morgan fingerprint density at radius 2 is 1.80 bits per heavy atom. The van der Waals surface area contributed by atoms with Crippen molar-refractivity contribution in [3.63, 3.8) is 0 Å². The maximum Gasteiger partial charge on any atom is 0.358 e. The number of nitrogens with zero attached hydrogens (tertiary/aromatic N) is 1. The van der Waals surface area contributed by atoms with Crippen molar-refractivity contribution in [3.05, 3.63) is 53.1 Å². The first kappa shape index (κ1) is 14.5. The number of carbonyl (C=O) groups excluding carboxylic acids is 1. The maximum atomic E-state index is 11.8. The quantitative estimate of drug-likeness (QED) is 0.635. The lowest BCUT2D eigenvalue weighted by atomic mass is 10.1. The second-order valence-corrected chi connectivity index (χ2v) is 5.99. The molecule has 20 heavy (non-hydrogen) atoms. The molecule has 0 fully saturated rings. The molecule has 1 aromatic carbocycles. The average Bonchev–Trinajstić information content (AvgIpc) is 2.41. The van der Waals surface area contributed by atoms with Gasteiger partial charge in [0, 0.05) is 5.02 Å². The molecule has 0 saturated carbocycles. The van der Waals surface area contributed by atoms with E-state index in [2.05, 4.69) is 9.44 Å². The van der Waals surface area contributed by atoms with Gasteiger partial charge in [-0.25, -0.2) is 0 Å². The fourth-order valence-corrected chi connectivity index (χ4v) is 2.29. The molecule has 0 saturated heterocycles. The Balaban J connectivity index is 2.20. The van der Waals surface area contributed by atoms with Crippen molar-refractivity contribution in [2.75, 3.05) is 0 Å². The molecule has 0 atom stereocenters. The van der Waals surface area contributed by atoms with Crippen LogP contribution in [0.4, 0.5) is 0 Å². The van der Waals surface area contributed by atoms with Gasteiger partial charge in [0.1, 0.15) is 10.6 Å². The Morgan fingerprint density at radius 3 is 2.40 bits per heavy atom. The summed E-state index contributed by atoms with van der Waals surface area (Å²) in [5.41, 5.74) is 0.707. The topological polar surface area (TPSA) is 72.8 Å². The van der Waals surface area contributed by atoms with Crippen LogP contribution in [-0.2, 0) is 19.2 Å². The van der Waals surface area contributed by atoms with Crippen molar-refractivity contribution in [2.24, 2.45) is 5.16 Å². The van der Waals surface area contributed by atoms with Crippen LogP contribution in [0.1, 0.15) is 6.92 Å². The monoisotopic (exact) mass is 311 g/mol. The Morgan fingerprint density at radius 1 is 1.15 bits per heavy atom. The second kappa shape index (κ2) is 5.60. The molecule has 0 aromatic heterocycles. The van der Waals surface area contributed by atoms with Crippen LogP contribution in [0.2, 0.25) is 5.02 Å². The smallest absolute Gasteiger partial charge is 0.290 e. The molecule has 0 N–H and O–H groups in total. The third kappa shape index (κ3) is 3.34. The number of benzene rings is 1. The maximum absolute atomic E-state index is 11.8. The van der Waals surface area contributed by atoms with Crippen LogP contribution < -0.4 is 0 Å². The molecule has 1 aromatic rings. The third-order valence-electron chi connectivity index (χ3n) is 2.50. The van der Waals surface area contributed by atoms with E-state index in [9.17, 15) is 13.2 Å². The lowest BCUT2D eigenvalue weighted by Crippen LogP contribution is -2.08. The van der Waals surface area contributed by atoms with Crippen LogP contribution in [-0.4, -0.2) is 19.9 Å². The first-order valence-electron chi connectivity index (χ1n) is 5.56. The highest BCUT2D eigenvalue weighted by atomic mass is 35.5. The van der Waals surface area contributed by atoms with Crippen LogP contribution in [0, 0.1) is 0 Å². The van der Waals surface area contributed by atoms with Gasteiger partial charge < -0.3 is 0 Å². The third-order valence-corrected chi connectivity index (χ3v) is 3.87. The van der Waals surface area contributed by atoms with Gasteiger partial charge in [-0.15, -0.1) is 0 Å². The molecule has 0 spiro atoms. The zero-order valence-electron chi connectivity index (χ0n) is 10.4. The summed E-state index contributed by atoms with van der Waals surface area (Å²) in [6, 6.07) is 5.51. The number of carbonyl (C=O) groups is 1. The summed E-state index contributed by atoms with van der Waals surface area (Å²) in [7, 11) is -4.00. The molecule has 104 valence electrons. The highest BCUT2D eigenvalue weighted by molar-refractivity contribution is 7.86. The molecule has 0 radical (unpaired) electrons. The number of allylic oxidation sites excluding steroid dienone is 4. The standard InChI is InChI=1S/C13H10ClNO4S/c1-9-8-11(4-7-13(9)16)15-19-20(17,18)12-5-2-10(14)3-6-12/h2-8H,1H3/b15-11+. The Kier molecular flexibility index (Phi) is 4.06. The lowest BCUT2D eigenvalue weighted by Gasteiger charge is -2.04. The predicted octanol–water partition coefficient (Wildman–Crippen LogP) is 2.49.